The van der Waals surface area contributed by atoms with E-state index in [1.807, 2.05) is 13.0 Å². The number of hydrogen-bond donors (Lipinski definition) is 1. The van der Waals surface area contributed by atoms with Crippen LogP contribution in [0.4, 0.5) is 0 Å². The van der Waals surface area contributed by atoms with Crippen LogP contribution >= 0.6 is 11.6 Å². The summed E-state index contributed by atoms with van der Waals surface area (Å²) in [6.07, 6.45) is 3.88. The van der Waals surface area contributed by atoms with Gasteiger partial charge in [0.15, 0.2) is 0 Å². The summed E-state index contributed by atoms with van der Waals surface area (Å²) in [4.78, 5) is 4.25. The van der Waals surface area contributed by atoms with E-state index in [2.05, 4.69) is 4.98 Å². The number of pyridine rings is 1. The number of aromatic nitrogens is 1. The van der Waals surface area contributed by atoms with Gasteiger partial charge in [0.1, 0.15) is 0 Å². The molecule has 0 bridgehead atoms. The lowest BCUT2D eigenvalue weighted by molar-refractivity contribution is 0.429. The van der Waals surface area contributed by atoms with Crippen molar-refractivity contribution in [3.63, 3.8) is 0 Å². The SMILES string of the molecule is CC(N)C1CCN(S(=O)(=O)c2cccc3cncc(Cl)c23)C1. The van der Waals surface area contributed by atoms with Crippen LogP contribution in [0.3, 0.4) is 0 Å². The highest BCUT2D eigenvalue weighted by atomic mass is 35.5. The predicted octanol–water partition coefficient (Wildman–Crippen LogP) is 2.25. The highest BCUT2D eigenvalue weighted by Gasteiger charge is 2.35. The zero-order valence-corrected chi connectivity index (χ0v) is 13.8. The highest BCUT2D eigenvalue weighted by molar-refractivity contribution is 7.89. The quantitative estimate of drug-likeness (QED) is 0.930. The first-order valence-electron chi connectivity index (χ1n) is 7.19. The van der Waals surface area contributed by atoms with Gasteiger partial charge in [0.25, 0.3) is 0 Å². The van der Waals surface area contributed by atoms with E-state index in [9.17, 15) is 8.42 Å². The van der Waals surface area contributed by atoms with E-state index in [1.54, 1.807) is 18.3 Å². The zero-order chi connectivity index (χ0) is 15.9. The molecule has 2 heterocycles. The first kappa shape index (κ1) is 15.7. The summed E-state index contributed by atoms with van der Waals surface area (Å²) in [6.45, 7) is 2.87. The molecule has 5 nitrogen and oxygen atoms in total. The van der Waals surface area contributed by atoms with Crippen molar-refractivity contribution in [1.29, 1.82) is 0 Å². The van der Waals surface area contributed by atoms with Gasteiger partial charge in [-0.1, -0.05) is 23.7 Å². The van der Waals surface area contributed by atoms with E-state index in [-0.39, 0.29) is 16.9 Å². The molecule has 0 aliphatic carbocycles. The van der Waals surface area contributed by atoms with E-state index in [4.69, 9.17) is 17.3 Å². The number of halogens is 1. The molecule has 2 aromatic rings. The molecule has 2 atom stereocenters. The fraction of sp³-hybridized carbons (Fsp3) is 0.400. The van der Waals surface area contributed by atoms with Gasteiger partial charge in [-0.25, -0.2) is 8.42 Å². The third-order valence-corrected chi connectivity index (χ3v) is 6.44. The van der Waals surface area contributed by atoms with Crippen LogP contribution in [0.5, 0.6) is 0 Å². The molecule has 1 saturated heterocycles. The topological polar surface area (TPSA) is 76.3 Å². The van der Waals surface area contributed by atoms with E-state index < -0.39 is 10.0 Å². The van der Waals surface area contributed by atoms with Crippen molar-refractivity contribution in [3.05, 3.63) is 35.6 Å². The first-order valence-corrected chi connectivity index (χ1v) is 9.01. The van der Waals surface area contributed by atoms with Crippen molar-refractivity contribution >= 4 is 32.4 Å². The fourth-order valence-corrected chi connectivity index (χ4v) is 4.99. The van der Waals surface area contributed by atoms with Gasteiger partial charge in [-0.3, -0.25) is 4.98 Å². The zero-order valence-electron chi connectivity index (χ0n) is 12.2. The largest absolute Gasteiger partial charge is 0.328 e. The van der Waals surface area contributed by atoms with Gasteiger partial charge in [-0.15, -0.1) is 0 Å². The third-order valence-electron chi connectivity index (χ3n) is 4.25. The van der Waals surface area contributed by atoms with E-state index >= 15 is 0 Å². The molecule has 0 spiro atoms. The number of nitrogens with two attached hydrogens (primary N) is 1. The summed E-state index contributed by atoms with van der Waals surface area (Å²) in [5, 5.41) is 1.60. The summed E-state index contributed by atoms with van der Waals surface area (Å²) in [7, 11) is -3.59. The smallest absolute Gasteiger partial charge is 0.243 e. The molecule has 2 N–H and O–H groups in total. The number of rotatable bonds is 3. The molecule has 2 unspecified atom stereocenters. The monoisotopic (exact) mass is 339 g/mol. The Bertz CT molecular complexity index is 802. The lowest BCUT2D eigenvalue weighted by atomic mass is 10.0. The maximum absolute atomic E-state index is 13.0. The van der Waals surface area contributed by atoms with Crippen LogP contribution in [0, 0.1) is 5.92 Å². The molecule has 118 valence electrons. The number of hydrogen-bond acceptors (Lipinski definition) is 4. The molecule has 1 aliphatic rings. The molecule has 0 amide bonds. The maximum atomic E-state index is 13.0. The van der Waals surface area contributed by atoms with Gasteiger partial charge < -0.3 is 5.73 Å². The van der Waals surface area contributed by atoms with Crippen LogP contribution in [-0.4, -0.2) is 36.8 Å². The van der Waals surface area contributed by atoms with Gasteiger partial charge in [0.2, 0.25) is 10.0 Å². The molecule has 1 aromatic carbocycles. The van der Waals surface area contributed by atoms with Crippen molar-refractivity contribution in [3.8, 4) is 0 Å². The Hall–Kier alpha value is -1.21. The van der Waals surface area contributed by atoms with Gasteiger partial charge in [0, 0.05) is 42.3 Å². The molecule has 3 rings (SSSR count). The highest BCUT2D eigenvalue weighted by Crippen LogP contribution is 2.33. The number of benzene rings is 1. The van der Waals surface area contributed by atoms with Crippen LogP contribution < -0.4 is 5.73 Å². The van der Waals surface area contributed by atoms with Crippen molar-refractivity contribution in [1.82, 2.24) is 9.29 Å². The Labute approximate surface area is 135 Å². The molecule has 7 heteroatoms. The van der Waals surface area contributed by atoms with Gasteiger partial charge >= 0.3 is 0 Å². The van der Waals surface area contributed by atoms with Gasteiger partial charge in [0.05, 0.1) is 9.92 Å². The summed E-state index contributed by atoms with van der Waals surface area (Å²) in [5.41, 5.74) is 5.91. The van der Waals surface area contributed by atoms with Crippen LogP contribution in [0.15, 0.2) is 35.5 Å². The summed E-state index contributed by atoms with van der Waals surface area (Å²) in [6, 6.07) is 5.11. The van der Waals surface area contributed by atoms with Crippen LogP contribution in [0.2, 0.25) is 5.02 Å². The summed E-state index contributed by atoms with van der Waals surface area (Å²) >= 11 is 6.19. The molecule has 1 aromatic heterocycles. The molecule has 22 heavy (non-hydrogen) atoms. The average Bonchev–Trinajstić information content (AvgIpc) is 2.98. The number of nitrogens with zero attached hydrogens (tertiary/aromatic N) is 2. The minimum absolute atomic E-state index is 0.0134. The molecule has 1 aliphatic heterocycles. The first-order chi connectivity index (χ1) is 10.4. The van der Waals surface area contributed by atoms with Gasteiger partial charge in [-0.2, -0.15) is 4.31 Å². The van der Waals surface area contributed by atoms with Gasteiger partial charge in [-0.05, 0) is 25.3 Å². The fourth-order valence-electron chi connectivity index (χ4n) is 2.91. The van der Waals surface area contributed by atoms with Crippen LogP contribution in [0.1, 0.15) is 13.3 Å². The van der Waals surface area contributed by atoms with E-state index in [1.165, 1.54) is 10.5 Å². The van der Waals surface area contributed by atoms with Crippen molar-refractivity contribution < 1.29 is 8.42 Å². The minimum Gasteiger partial charge on any atom is -0.328 e. The Morgan fingerprint density at radius 3 is 2.86 bits per heavy atom. The molecule has 0 radical (unpaired) electrons. The molecular weight excluding hydrogens is 322 g/mol. The Kier molecular flexibility index (Phi) is 4.11. The lowest BCUT2D eigenvalue weighted by Crippen LogP contribution is -2.33. The van der Waals surface area contributed by atoms with E-state index in [0.717, 1.165) is 11.8 Å². The Morgan fingerprint density at radius 1 is 1.41 bits per heavy atom. The van der Waals surface area contributed by atoms with Crippen LogP contribution in [0.25, 0.3) is 10.8 Å². The van der Waals surface area contributed by atoms with Crippen molar-refractivity contribution in [2.45, 2.75) is 24.3 Å². The molecular formula is C15H18ClN3O2S. The Balaban J connectivity index is 2.07. The standard InChI is InChI=1S/C15H18ClN3O2S/c1-10(17)12-5-6-19(9-12)22(20,21)14-4-2-3-11-7-18-8-13(16)15(11)14/h2-4,7-8,10,12H,5-6,9,17H2,1H3. The molecule has 0 saturated carbocycles. The third kappa shape index (κ3) is 2.60. The van der Waals surface area contributed by atoms with E-state index in [0.29, 0.717) is 23.5 Å². The average molecular weight is 340 g/mol. The number of sulfonamides is 1. The normalized spacial score (nSPS) is 21.3. The minimum atomic E-state index is -3.59. The summed E-state index contributed by atoms with van der Waals surface area (Å²) < 4.78 is 27.5. The summed E-state index contributed by atoms with van der Waals surface area (Å²) in [5.74, 6) is 0.196. The van der Waals surface area contributed by atoms with Crippen molar-refractivity contribution in [2.75, 3.05) is 13.1 Å². The van der Waals surface area contributed by atoms with Crippen LogP contribution in [-0.2, 0) is 10.0 Å². The van der Waals surface area contributed by atoms with Crippen molar-refractivity contribution in [2.24, 2.45) is 11.7 Å². The second kappa shape index (κ2) is 5.77. The number of fused-ring (bicyclic) bond motifs is 1. The Morgan fingerprint density at radius 2 is 2.18 bits per heavy atom. The predicted molar refractivity (Wildman–Crippen MR) is 87.3 cm³/mol. The molecule has 1 fully saturated rings. The lowest BCUT2D eigenvalue weighted by Gasteiger charge is -2.19. The maximum Gasteiger partial charge on any atom is 0.243 e. The second-order valence-electron chi connectivity index (χ2n) is 5.75. The second-order valence-corrected chi connectivity index (χ2v) is 8.06.